The summed E-state index contributed by atoms with van der Waals surface area (Å²) in [5.74, 6) is -5.13. The zero-order valence-corrected chi connectivity index (χ0v) is 15.1. The van der Waals surface area contributed by atoms with Gasteiger partial charge in [0.1, 0.15) is 0 Å². The summed E-state index contributed by atoms with van der Waals surface area (Å²) in [6.07, 6.45) is 4.45. The highest BCUT2D eigenvalue weighted by molar-refractivity contribution is 5.97. The standard InChI is InChI=1S/C20H14N2O8/c23-17(24)12-3-11(4-13(5-12)18(25)26)10-1-2-22(21-9-10)16-7-14(19(27)28)6-15(8-16)20(29)30/h1-9,21H,(H,23,24)(H,25,26)(H,27,28)(H,29,30). The van der Waals surface area contributed by atoms with Crippen LogP contribution < -0.4 is 10.4 Å². The highest BCUT2D eigenvalue weighted by Crippen LogP contribution is 2.25. The monoisotopic (exact) mass is 410 g/mol. The summed E-state index contributed by atoms with van der Waals surface area (Å²) in [6.45, 7) is 0. The Hall–Kier alpha value is -4.60. The van der Waals surface area contributed by atoms with Crippen molar-refractivity contribution in [2.75, 3.05) is 5.01 Å². The van der Waals surface area contributed by atoms with Crippen LogP contribution in [-0.4, -0.2) is 44.3 Å². The zero-order chi connectivity index (χ0) is 22.0. The maximum Gasteiger partial charge on any atom is 0.335 e. The first-order chi connectivity index (χ1) is 14.2. The molecule has 2 aromatic carbocycles. The Morgan fingerprint density at radius 2 is 1.10 bits per heavy atom. The fourth-order valence-corrected chi connectivity index (χ4v) is 2.76. The molecular weight excluding hydrogens is 396 g/mol. The first-order valence-corrected chi connectivity index (χ1v) is 8.33. The van der Waals surface area contributed by atoms with Crippen molar-refractivity contribution in [2.45, 2.75) is 0 Å². The largest absolute Gasteiger partial charge is 0.478 e. The van der Waals surface area contributed by atoms with Crippen LogP contribution in [0.2, 0.25) is 0 Å². The molecule has 0 aliphatic carbocycles. The van der Waals surface area contributed by atoms with Crippen molar-refractivity contribution in [3.63, 3.8) is 0 Å². The fourth-order valence-electron chi connectivity index (χ4n) is 2.76. The van der Waals surface area contributed by atoms with Crippen LogP contribution in [0, 0.1) is 0 Å². The number of hydrogen-bond acceptors (Lipinski definition) is 6. The van der Waals surface area contributed by atoms with E-state index in [2.05, 4.69) is 5.43 Å². The number of rotatable bonds is 6. The second-order valence-corrected chi connectivity index (χ2v) is 6.20. The number of nitrogens with zero attached hydrogens (tertiary/aromatic N) is 1. The molecule has 0 spiro atoms. The summed E-state index contributed by atoms with van der Waals surface area (Å²) in [5, 5.41) is 38.1. The molecule has 0 unspecified atom stereocenters. The fraction of sp³-hybridized carbons (Fsp3) is 0. The minimum Gasteiger partial charge on any atom is -0.478 e. The van der Waals surface area contributed by atoms with E-state index in [0.29, 0.717) is 11.1 Å². The van der Waals surface area contributed by atoms with Crippen LogP contribution in [0.3, 0.4) is 0 Å². The Bertz CT molecular complexity index is 1080. The summed E-state index contributed by atoms with van der Waals surface area (Å²) < 4.78 is 0. The lowest BCUT2D eigenvalue weighted by atomic mass is 9.99. The summed E-state index contributed by atoms with van der Waals surface area (Å²) in [6, 6.07) is 7.27. The van der Waals surface area contributed by atoms with Crippen LogP contribution in [0.4, 0.5) is 5.69 Å². The summed E-state index contributed by atoms with van der Waals surface area (Å²) in [7, 11) is 0. The molecule has 0 atom stereocenters. The number of hydrazine groups is 1. The van der Waals surface area contributed by atoms with Gasteiger partial charge in [-0.1, -0.05) is 0 Å². The molecular formula is C20H14N2O8. The van der Waals surface area contributed by atoms with Crippen LogP contribution in [0.1, 0.15) is 47.0 Å². The maximum atomic E-state index is 11.3. The van der Waals surface area contributed by atoms with Crippen LogP contribution in [0.25, 0.3) is 5.57 Å². The van der Waals surface area contributed by atoms with Gasteiger partial charge < -0.3 is 25.9 Å². The molecule has 2 aromatic rings. The molecule has 1 aliphatic rings. The third kappa shape index (κ3) is 4.12. The Labute approximate surface area is 168 Å². The minimum absolute atomic E-state index is 0.193. The van der Waals surface area contributed by atoms with Gasteiger partial charge in [-0.05, 0) is 48.0 Å². The predicted molar refractivity (Wildman–Crippen MR) is 103 cm³/mol. The summed E-state index contributed by atoms with van der Waals surface area (Å²) in [4.78, 5) is 45.1. The molecule has 0 saturated carbocycles. The highest BCUT2D eigenvalue weighted by atomic mass is 16.4. The van der Waals surface area contributed by atoms with E-state index < -0.39 is 23.9 Å². The average molecular weight is 410 g/mol. The molecule has 152 valence electrons. The summed E-state index contributed by atoms with van der Waals surface area (Å²) >= 11 is 0. The predicted octanol–water partition coefficient (Wildman–Crippen LogP) is 2.36. The molecule has 1 heterocycles. The Morgan fingerprint density at radius 3 is 1.47 bits per heavy atom. The number of nitrogens with one attached hydrogen (secondary N) is 1. The molecule has 0 aromatic heterocycles. The Morgan fingerprint density at radius 1 is 0.667 bits per heavy atom. The normalized spacial score (nSPS) is 12.7. The lowest BCUT2D eigenvalue weighted by Crippen LogP contribution is -2.31. The third-order valence-corrected chi connectivity index (χ3v) is 4.21. The number of carbonyl (C=O) groups is 4. The number of allylic oxidation sites excluding steroid dienone is 2. The van der Waals surface area contributed by atoms with Crippen molar-refractivity contribution >= 4 is 35.1 Å². The molecule has 10 heteroatoms. The minimum atomic E-state index is -1.29. The SMILES string of the molecule is O=C(O)c1cc(C(=O)O)cc(C2=CNN(c3cc(C(=O)O)cc(C(=O)O)c3)C=C2)c1. The van der Waals surface area contributed by atoms with Gasteiger partial charge in [-0.3, -0.25) is 5.01 Å². The number of hydrogen-bond donors (Lipinski definition) is 5. The number of carboxylic acid groups (broad SMARTS) is 4. The first kappa shape index (κ1) is 20.1. The Kier molecular flexibility index (Phi) is 5.23. The average Bonchev–Trinajstić information content (AvgIpc) is 2.73. The topological polar surface area (TPSA) is 164 Å². The molecule has 0 radical (unpaired) electrons. The lowest BCUT2D eigenvalue weighted by Gasteiger charge is -2.25. The van der Waals surface area contributed by atoms with Crippen LogP contribution >= 0.6 is 0 Å². The third-order valence-electron chi connectivity index (χ3n) is 4.21. The van der Waals surface area contributed by atoms with Gasteiger partial charge in [-0.15, -0.1) is 0 Å². The Balaban J connectivity index is 1.94. The second kappa shape index (κ2) is 7.80. The smallest absolute Gasteiger partial charge is 0.335 e. The highest BCUT2D eigenvalue weighted by Gasteiger charge is 2.17. The molecule has 5 N–H and O–H groups in total. The van der Waals surface area contributed by atoms with Gasteiger partial charge in [0.05, 0.1) is 27.9 Å². The molecule has 0 bridgehead atoms. The molecule has 1 aliphatic heterocycles. The molecule has 0 amide bonds. The van der Waals surface area contributed by atoms with Crippen LogP contribution in [0.5, 0.6) is 0 Å². The van der Waals surface area contributed by atoms with E-state index >= 15 is 0 Å². The number of benzene rings is 2. The van der Waals surface area contributed by atoms with E-state index in [9.17, 15) is 39.6 Å². The molecule has 10 nitrogen and oxygen atoms in total. The van der Waals surface area contributed by atoms with Crippen molar-refractivity contribution in [1.82, 2.24) is 5.43 Å². The summed E-state index contributed by atoms with van der Waals surface area (Å²) in [5.41, 5.74) is 3.04. The number of anilines is 1. The van der Waals surface area contributed by atoms with E-state index in [1.807, 2.05) is 0 Å². The quantitative estimate of drug-likeness (QED) is 0.477. The van der Waals surface area contributed by atoms with Crippen molar-refractivity contribution in [2.24, 2.45) is 0 Å². The number of aromatic carboxylic acids is 4. The maximum absolute atomic E-state index is 11.3. The van der Waals surface area contributed by atoms with Gasteiger partial charge in [0, 0.05) is 18.0 Å². The van der Waals surface area contributed by atoms with E-state index in [4.69, 9.17) is 0 Å². The van der Waals surface area contributed by atoms with Gasteiger partial charge in [0.15, 0.2) is 0 Å². The van der Waals surface area contributed by atoms with Crippen molar-refractivity contribution < 1.29 is 39.6 Å². The van der Waals surface area contributed by atoms with Gasteiger partial charge in [-0.2, -0.15) is 0 Å². The first-order valence-electron chi connectivity index (χ1n) is 8.33. The van der Waals surface area contributed by atoms with E-state index in [-0.39, 0.29) is 27.9 Å². The van der Waals surface area contributed by atoms with Gasteiger partial charge in [0.2, 0.25) is 0 Å². The molecule has 3 rings (SSSR count). The van der Waals surface area contributed by atoms with Gasteiger partial charge in [-0.25, -0.2) is 19.2 Å². The lowest BCUT2D eigenvalue weighted by molar-refractivity contribution is 0.0676. The van der Waals surface area contributed by atoms with Crippen molar-refractivity contribution in [3.05, 3.63) is 82.7 Å². The van der Waals surface area contributed by atoms with E-state index in [1.165, 1.54) is 47.8 Å². The van der Waals surface area contributed by atoms with Crippen molar-refractivity contribution in [3.8, 4) is 0 Å². The van der Waals surface area contributed by atoms with Crippen LogP contribution in [0.15, 0.2) is 54.9 Å². The molecule has 0 fully saturated rings. The van der Waals surface area contributed by atoms with Crippen molar-refractivity contribution in [1.29, 1.82) is 0 Å². The van der Waals surface area contributed by atoms with Gasteiger partial charge >= 0.3 is 23.9 Å². The second-order valence-electron chi connectivity index (χ2n) is 6.20. The van der Waals surface area contributed by atoms with Crippen LogP contribution in [-0.2, 0) is 0 Å². The van der Waals surface area contributed by atoms with E-state index in [0.717, 1.165) is 12.1 Å². The number of carboxylic acids is 4. The zero-order valence-electron chi connectivity index (χ0n) is 15.1. The molecule has 0 saturated heterocycles. The molecule has 30 heavy (non-hydrogen) atoms. The van der Waals surface area contributed by atoms with Gasteiger partial charge in [0.25, 0.3) is 0 Å². The van der Waals surface area contributed by atoms with E-state index in [1.54, 1.807) is 0 Å².